The van der Waals surface area contributed by atoms with Gasteiger partial charge in [-0.05, 0) is 17.9 Å². The van der Waals surface area contributed by atoms with Crippen LogP contribution in [0.5, 0.6) is 0 Å². The van der Waals surface area contributed by atoms with Crippen LogP contribution >= 0.6 is 0 Å². The molecule has 1 N–H and O–H groups in total. The van der Waals surface area contributed by atoms with E-state index in [1.165, 1.54) is 18.2 Å². The van der Waals surface area contributed by atoms with Gasteiger partial charge >= 0.3 is 5.97 Å². The molecular formula is C19H27N3O6. The van der Waals surface area contributed by atoms with Gasteiger partial charge in [0.05, 0.1) is 4.92 Å². The Bertz CT molecular complexity index is 707. The molecule has 0 aromatic heterocycles. The minimum atomic E-state index is -0.763. The highest BCUT2D eigenvalue weighted by Gasteiger charge is 2.18. The molecule has 0 saturated carbocycles. The maximum absolute atomic E-state index is 12.3. The molecule has 0 atom stereocenters. The molecule has 1 aromatic carbocycles. The molecule has 1 rings (SSSR count). The van der Waals surface area contributed by atoms with Gasteiger partial charge < -0.3 is 15.0 Å². The van der Waals surface area contributed by atoms with Crippen molar-refractivity contribution in [3.8, 4) is 0 Å². The first kappa shape index (κ1) is 23.1. The first-order chi connectivity index (χ1) is 13.1. The zero-order valence-electron chi connectivity index (χ0n) is 16.6. The van der Waals surface area contributed by atoms with Gasteiger partial charge in [-0.2, -0.15) is 0 Å². The van der Waals surface area contributed by atoms with Crippen LogP contribution in [0.4, 0.5) is 5.69 Å². The number of hydrogen-bond acceptors (Lipinski definition) is 6. The van der Waals surface area contributed by atoms with Crippen LogP contribution < -0.4 is 5.32 Å². The summed E-state index contributed by atoms with van der Waals surface area (Å²) >= 11 is 0. The molecule has 9 nitrogen and oxygen atoms in total. The van der Waals surface area contributed by atoms with Crippen molar-refractivity contribution in [3.63, 3.8) is 0 Å². The Morgan fingerprint density at radius 2 is 1.75 bits per heavy atom. The SMILES string of the molecule is CC(C)CN(CC(C)C)C(=O)COC(=O)CNC(=O)c1cccc([N+](=O)[O-])c1. The Hall–Kier alpha value is -2.97. The molecule has 0 heterocycles. The molecule has 9 heteroatoms. The van der Waals surface area contributed by atoms with Crippen molar-refractivity contribution >= 4 is 23.5 Å². The van der Waals surface area contributed by atoms with E-state index in [-0.39, 0.29) is 29.0 Å². The predicted molar refractivity (Wildman–Crippen MR) is 103 cm³/mol. The first-order valence-corrected chi connectivity index (χ1v) is 9.06. The number of nitrogens with one attached hydrogen (secondary N) is 1. The molecule has 0 radical (unpaired) electrons. The Morgan fingerprint density at radius 3 is 2.29 bits per heavy atom. The molecule has 0 bridgehead atoms. The van der Waals surface area contributed by atoms with Crippen LogP contribution in [0.3, 0.4) is 0 Å². The highest BCUT2D eigenvalue weighted by molar-refractivity contribution is 5.96. The second kappa shape index (κ2) is 11.0. The third-order valence-corrected chi connectivity index (χ3v) is 3.59. The first-order valence-electron chi connectivity index (χ1n) is 9.06. The topological polar surface area (TPSA) is 119 Å². The number of hydrogen-bond donors (Lipinski definition) is 1. The van der Waals surface area contributed by atoms with Gasteiger partial charge in [-0.3, -0.25) is 24.5 Å². The van der Waals surface area contributed by atoms with Crippen molar-refractivity contribution in [2.45, 2.75) is 27.7 Å². The van der Waals surface area contributed by atoms with E-state index in [1.54, 1.807) is 4.90 Å². The van der Waals surface area contributed by atoms with Gasteiger partial charge in [0.2, 0.25) is 0 Å². The number of carbonyl (C=O) groups is 3. The van der Waals surface area contributed by atoms with E-state index in [1.807, 2.05) is 27.7 Å². The summed E-state index contributed by atoms with van der Waals surface area (Å²) in [6.07, 6.45) is 0. The largest absolute Gasteiger partial charge is 0.454 e. The highest BCUT2D eigenvalue weighted by Crippen LogP contribution is 2.12. The number of esters is 1. The Balaban J connectivity index is 2.51. The predicted octanol–water partition coefficient (Wildman–Crippen LogP) is 2.01. The standard InChI is InChI=1S/C19H27N3O6/c1-13(2)10-21(11-14(3)4)17(23)12-28-18(24)9-20-19(25)15-6-5-7-16(8-15)22(26)27/h5-8,13-14H,9-12H2,1-4H3,(H,20,25). The lowest BCUT2D eigenvalue weighted by atomic mass is 10.1. The summed E-state index contributed by atoms with van der Waals surface area (Å²) in [6.45, 7) is 8.28. The molecule has 0 saturated heterocycles. The smallest absolute Gasteiger partial charge is 0.325 e. The molecule has 0 unspecified atom stereocenters. The highest BCUT2D eigenvalue weighted by atomic mass is 16.6. The number of ether oxygens (including phenoxy) is 1. The second-order valence-corrected chi connectivity index (χ2v) is 7.24. The number of rotatable bonds is 10. The molecule has 2 amide bonds. The number of carbonyl (C=O) groups excluding carboxylic acids is 3. The van der Waals surface area contributed by atoms with Crippen LogP contribution in [-0.4, -0.2) is 53.8 Å². The number of nitro benzene ring substituents is 1. The van der Waals surface area contributed by atoms with Crippen molar-refractivity contribution < 1.29 is 24.0 Å². The van der Waals surface area contributed by atoms with Gasteiger partial charge in [0, 0.05) is 30.8 Å². The average molecular weight is 393 g/mol. The van der Waals surface area contributed by atoms with Gasteiger partial charge in [0.25, 0.3) is 17.5 Å². The Labute approximate surface area is 164 Å². The van der Waals surface area contributed by atoms with Crippen molar-refractivity contribution in [3.05, 3.63) is 39.9 Å². The van der Waals surface area contributed by atoms with Gasteiger partial charge in [-0.1, -0.05) is 33.8 Å². The molecule has 154 valence electrons. The number of nitro groups is 1. The minimum Gasteiger partial charge on any atom is -0.454 e. The van der Waals surface area contributed by atoms with Crippen LogP contribution in [0.15, 0.2) is 24.3 Å². The van der Waals surface area contributed by atoms with Crippen LogP contribution in [-0.2, 0) is 14.3 Å². The summed E-state index contributed by atoms with van der Waals surface area (Å²) in [5, 5.41) is 13.1. The van der Waals surface area contributed by atoms with E-state index in [2.05, 4.69) is 5.32 Å². The van der Waals surface area contributed by atoms with Crippen LogP contribution in [0.1, 0.15) is 38.1 Å². The normalized spacial score (nSPS) is 10.6. The summed E-state index contributed by atoms with van der Waals surface area (Å²) in [5.74, 6) is -1.13. The molecule has 0 fully saturated rings. The zero-order chi connectivity index (χ0) is 21.3. The van der Waals surface area contributed by atoms with Gasteiger partial charge in [0.15, 0.2) is 6.61 Å². The van der Waals surface area contributed by atoms with E-state index < -0.39 is 30.0 Å². The van der Waals surface area contributed by atoms with Gasteiger partial charge in [0.1, 0.15) is 6.54 Å². The Kier molecular flexibility index (Phi) is 9.07. The number of benzene rings is 1. The summed E-state index contributed by atoms with van der Waals surface area (Å²) in [4.78, 5) is 47.9. The number of nitrogens with zero attached hydrogens (tertiary/aromatic N) is 2. The van der Waals surface area contributed by atoms with Crippen molar-refractivity contribution in [1.29, 1.82) is 0 Å². The number of amides is 2. The quantitative estimate of drug-likeness (QED) is 0.369. The lowest BCUT2D eigenvalue weighted by Crippen LogP contribution is -2.40. The fourth-order valence-corrected chi connectivity index (χ4v) is 2.46. The summed E-state index contributed by atoms with van der Waals surface area (Å²) < 4.78 is 4.94. The van der Waals surface area contributed by atoms with E-state index in [0.717, 1.165) is 6.07 Å². The van der Waals surface area contributed by atoms with Crippen molar-refractivity contribution in [2.24, 2.45) is 11.8 Å². The molecule has 0 aliphatic heterocycles. The van der Waals surface area contributed by atoms with Crippen molar-refractivity contribution in [2.75, 3.05) is 26.2 Å². The van der Waals surface area contributed by atoms with E-state index in [4.69, 9.17) is 4.74 Å². The van der Waals surface area contributed by atoms with E-state index in [0.29, 0.717) is 13.1 Å². The molecular weight excluding hydrogens is 366 g/mol. The van der Waals surface area contributed by atoms with Crippen LogP contribution in [0.25, 0.3) is 0 Å². The van der Waals surface area contributed by atoms with E-state index in [9.17, 15) is 24.5 Å². The minimum absolute atomic E-state index is 0.0538. The Morgan fingerprint density at radius 1 is 1.14 bits per heavy atom. The monoisotopic (exact) mass is 393 g/mol. The fourth-order valence-electron chi connectivity index (χ4n) is 2.46. The molecule has 0 aliphatic rings. The molecule has 28 heavy (non-hydrogen) atoms. The third kappa shape index (κ3) is 8.15. The molecule has 0 aliphatic carbocycles. The second-order valence-electron chi connectivity index (χ2n) is 7.24. The van der Waals surface area contributed by atoms with E-state index >= 15 is 0 Å². The lowest BCUT2D eigenvalue weighted by molar-refractivity contribution is -0.384. The molecule has 0 spiro atoms. The maximum atomic E-state index is 12.3. The van der Waals surface area contributed by atoms with Gasteiger partial charge in [-0.25, -0.2) is 0 Å². The van der Waals surface area contributed by atoms with Crippen LogP contribution in [0, 0.1) is 22.0 Å². The fraction of sp³-hybridized carbons (Fsp3) is 0.526. The average Bonchev–Trinajstić information content (AvgIpc) is 2.62. The zero-order valence-corrected chi connectivity index (χ0v) is 16.6. The molecule has 1 aromatic rings. The van der Waals surface area contributed by atoms with Gasteiger partial charge in [-0.15, -0.1) is 0 Å². The lowest BCUT2D eigenvalue weighted by Gasteiger charge is -2.26. The maximum Gasteiger partial charge on any atom is 0.325 e. The van der Waals surface area contributed by atoms with Crippen LogP contribution in [0.2, 0.25) is 0 Å². The van der Waals surface area contributed by atoms with Crippen molar-refractivity contribution in [1.82, 2.24) is 10.2 Å². The summed E-state index contributed by atoms with van der Waals surface area (Å²) in [6, 6.07) is 5.14. The summed E-state index contributed by atoms with van der Waals surface area (Å²) in [5.41, 5.74) is -0.172. The third-order valence-electron chi connectivity index (χ3n) is 3.59. The number of non-ortho nitro benzene ring substituents is 1. The summed E-state index contributed by atoms with van der Waals surface area (Å²) in [7, 11) is 0.